The van der Waals surface area contributed by atoms with Gasteiger partial charge in [-0.25, -0.2) is 0 Å². The summed E-state index contributed by atoms with van der Waals surface area (Å²) >= 11 is 0. The molecule has 0 bridgehead atoms. The topological polar surface area (TPSA) is 215 Å². The van der Waals surface area contributed by atoms with Crippen LogP contribution >= 0.6 is 0 Å². The highest BCUT2D eigenvalue weighted by atomic mass is 16.5. The van der Waals surface area contributed by atoms with Crippen LogP contribution in [0.25, 0.3) is 0 Å². The summed E-state index contributed by atoms with van der Waals surface area (Å²) in [6.07, 6.45) is -14.0. The number of nitrogens with zero attached hydrogens (tertiary/aromatic N) is 1. The Morgan fingerprint density at radius 3 is 1.45 bits per heavy atom. The standard InChI is InChI=1S/C21H36NO11/c1-12-2-4-13(5-3-12)33-7-6-22(8-14(25)18(29)20(31)16(27)10-23)9-15(26)19(30)21(32)17(28)11-24/h2-5,14-21,23-32H,1,6-11H2/t14-,15-,16+,17+,18+,19+,20+,21+/m0/s1. The predicted molar refractivity (Wildman–Crippen MR) is 115 cm³/mol. The Labute approximate surface area is 192 Å². The molecule has 0 spiro atoms. The van der Waals surface area contributed by atoms with Crippen molar-refractivity contribution in [1.29, 1.82) is 0 Å². The average molecular weight is 479 g/mol. The first-order valence-corrected chi connectivity index (χ1v) is 10.4. The summed E-state index contributed by atoms with van der Waals surface area (Å²) in [7, 11) is 0. The van der Waals surface area contributed by atoms with Gasteiger partial charge in [0.15, 0.2) is 0 Å². The Morgan fingerprint density at radius 1 is 0.667 bits per heavy atom. The Bertz CT molecular complexity index is 620. The van der Waals surface area contributed by atoms with E-state index in [2.05, 4.69) is 6.92 Å². The number of aliphatic hydroxyl groups is 10. The van der Waals surface area contributed by atoms with Gasteiger partial charge in [-0.15, -0.1) is 0 Å². The fourth-order valence-corrected chi connectivity index (χ4v) is 3.01. The molecule has 0 aliphatic rings. The smallest absolute Gasteiger partial charge is 0.119 e. The van der Waals surface area contributed by atoms with Crippen LogP contribution in [0.5, 0.6) is 5.75 Å². The highest BCUT2D eigenvalue weighted by Crippen LogP contribution is 2.13. The zero-order valence-electron chi connectivity index (χ0n) is 18.2. The van der Waals surface area contributed by atoms with Gasteiger partial charge in [0.25, 0.3) is 0 Å². The second kappa shape index (κ2) is 14.8. The van der Waals surface area contributed by atoms with Crippen molar-refractivity contribution in [1.82, 2.24) is 4.90 Å². The minimum absolute atomic E-state index is 0.0474. The number of aliphatic hydroxyl groups excluding tert-OH is 10. The van der Waals surface area contributed by atoms with Gasteiger partial charge in [-0.3, -0.25) is 4.90 Å². The number of benzene rings is 1. The van der Waals surface area contributed by atoms with Crippen LogP contribution in [0.1, 0.15) is 5.56 Å². The highest BCUT2D eigenvalue weighted by Gasteiger charge is 2.34. The third-order valence-electron chi connectivity index (χ3n) is 5.14. The van der Waals surface area contributed by atoms with E-state index in [0.29, 0.717) is 5.75 Å². The molecule has 1 rings (SSSR count). The molecule has 0 aliphatic heterocycles. The summed E-state index contributed by atoms with van der Waals surface area (Å²) in [5.74, 6) is 0.520. The molecule has 0 amide bonds. The van der Waals surface area contributed by atoms with Crippen LogP contribution in [-0.2, 0) is 0 Å². The summed E-state index contributed by atoms with van der Waals surface area (Å²) in [5, 5.41) is 97.0. The van der Waals surface area contributed by atoms with Crippen molar-refractivity contribution in [3.63, 3.8) is 0 Å². The molecule has 8 atom stereocenters. The summed E-state index contributed by atoms with van der Waals surface area (Å²) in [5.41, 5.74) is 0.783. The molecule has 10 N–H and O–H groups in total. The lowest BCUT2D eigenvalue weighted by Gasteiger charge is -2.33. The summed E-state index contributed by atoms with van der Waals surface area (Å²) < 4.78 is 5.58. The Morgan fingerprint density at radius 2 is 1.06 bits per heavy atom. The largest absolute Gasteiger partial charge is 0.492 e. The molecule has 0 fully saturated rings. The van der Waals surface area contributed by atoms with Gasteiger partial charge < -0.3 is 55.8 Å². The van der Waals surface area contributed by atoms with Crippen LogP contribution in [0.4, 0.5) is 0 Å². The van der Waals surface area contributed by atoms with Crippen molar-refractivity contribution in [3.05, 3.63) is 36.8 Å². The molecule has 1 aromatic rings. The molecule has 191 valence electrons. The van der Waals surface area contributed by atoms with E-state index < -0.39 is 62.0 Å². The van der Waals surface area contributed by atoms with E-state index in [0.717, 1.165) is 5.56 Å². The lowest BCUT2D eigenvalue weighted by molar-refractivity contribution is -0.130. The van der Waals surface area contributed by atoms with E-state index in [9.17, 15) is 40.9 Å². The highest BCUT2D eigenvalue weighted by molar-refractivity contribution is 5.28. The normalized spacial score (nSPS) is 19.4. The lowest BCUT2D eigenvalue weighted by Crippen LogP contribution is -2.53. The number of hydrogen-bond donors (Lipinski definition) is 10. The van der Waals surface area contributed by atoms with E-state index in [1.54, 1.807) is 24.3 Å². The van der Waals surface area contributed by atoms with E-state index in [1.807, 2.05) is 0 Å². The molecule has 1 aromatic carbocycles. The molecular weight excluding hydrogens is 442 g/mol. The zero-order valence-corrected chi connectivity index (χ0v) is 18.2. The Kier molecular flexibility index (Phi) is 13.2. The quantitative estimate of drug-likeness (QED) is 0.109. The van der Waals surface area contributed by atoms with E-state index in [4.69, 9.17) is 14.9 Å². The van der Waals surface area contributed by atoms with Crippen molar-refractivity contribution in [2.75, 3.05) is 39.5 Å². The van der Waals surface area contributed by atoms with Crippen LogP contribution in [0, 0.1) is 6.92 Å². The maximum Gasteiger partial charge on any atom is 0.119 e. The monoisotopic (exact) mass is 478 g/mol. The number of ether oxygens (including phenoxy) is 1. The van der Waals surface area contributed by atoms with Crippen LogP contribution < -0.4 is 4.74 Å². The molecule has 0 aromatic heterocycles. The maximum absolute atomic E-state index is 10.3. The van der Waals surface area contributed by atoms with Crippen LogP contribution in [0.3, 0.4) is 0 Å². The van der Waals surface area contributed by atoms with Gasteiger partial charge in [-0.05, 0) is 24.6 Å². The fraction of sp³-hybridized carbons (Fsp3) is 0.667. The predicted octanol–water partition coefficient (Wildman–Crippen LogP) is -4.58. The molecule has 33 heavy (non-hydrogen) atoms. The van der Waals surface area contributed by atoms with Crippen LogP contribution in [0.2, 0.25) is 0 Å². The molecule has 12 nitrogen and oxygen atoms in total. The second-order valence-corrected chi connectivity index (χ2v) is 7.85. The van der Waals surface area contributed by atoms with Gasteiger partial charge in [0.05, 0.1) is 25.4 Å². The van der Waals surface area contributed by atoms with Crippen molar-refractivity contribution in [3.8, 4) is 5.75 Å². The average Bonchev–Trinajstić information content (AvgIpc) is 2.81. The second-order valence-electron chi connectivity index (χ2n) is 7.85. The number of rotatable bonds is 16. The molecule has 1 radical (unpaired) electrons. The third-order valence-corrected chi connectivity index (χ3v) is 5.14. The molecule has 0 unspecified atom stereocenters. The summed E-state index contributed by atoms with van der Waals surface area (Å²) in [6, 6.07) is 6.83. The summed E-state index contributed by atoms with van der Waals surface area (Å²) in [4.78, 5) is 1.35. The fourth-order valence-electron chi connectivity index (χ4n) is 3.01. The van der Waals surface area contributed by atoms with Gasteiger partial charge >= 0.3 is 0 Å². The van der Waals surface area contributed by atoms with E-state index in [1.165, 1.54) is 4.90 Å². The van der Waals surface area contributed by atoms with Crippen LogP contribution in [-0.4, -0.2) is 144 Å². The summed E-state index contributed by atoms with van der Waals surface area (Å²) in [6.45, 7) is 1.45. The van der Waals surface area contributed by atoms with Crippen molar-refractivity contribution < 1.29 is 55.8 Å². The Hall–Kier alpha value is -1.42. The minimum Gasteiger partial charge on any atom is -0.492 e. The SMILES string of the molecule is [CH2]c1ccc(OCCN(C[C@H](O)[C@@H](O)[C@H](O)[C@H](O)CO)C[C@H](O)[C@@H](O)[C@H](O)[C@H](O)CO)cc1. The minimum atomic E-state index is -1.85. The van der Waals surface area contributed by atoms with E-state index >= 15 is 0 Å². The Balaban J connectivity index is 2.82. The van der Waals surface area contributed by atoms with Crippen molar-refractivity contribution in [2.24, 2.45) is 0 Å². The molecule has 0 aliphatic carbocycles. The lowest BCUT2D eigenvalue weighted by atomic mass is 10.0. The van der Waals surface area contributed by atoms with Gasteiger partial charge in [0, 0.05) is 19.6 Å². The molecule has 0 saturated carbocycles. The number of hydrogen-bond acceptors (Lipinski definition) is 12. The maximum atomic E-state index is 10.3. The first-order valence-electron chi connectivity index (χ1n) is 10.4. The molecule has 0 saturated heterocycles. The first-order chi connectivity index (χ1) is 15.5. The zero-order chi connectivity index (χ0) is 25.1. The van der Waals surface area contributed by atoms with Gasteiger partial charge in [0.2, 0.25) is 0 Å². The van der Waals surface area contributed by atoms with Gasteiger partial charge in [-0.2, -0.15) is 0 Å². The third kappa shape index (κ3) is 9.76. The molecule has 0 heterocycles. The molecular formula is C21H36NO11. The van der Waals surface area contributed by atoms with Crippen molar-refractivity contribution in [2.45, 2.75) is 48.8 Å². The first kappa shape index (κ1) is 29.6. The van der Waals surface area contributed by atoms with Gasteiger partial charge in [0.1, 0.15) is 49.0 Å². The van der Waals surface area contributed by atoms with E-state index in [-0.39, 0.29) is 26.2 Å². The van der Waals surface area contributed by atoms with Crippen molar-refractivity contribution >= 4 is 0 Å². The van der Waals surface area contributed by atoms with Gasteiger partial charge in [-0.1, -0.05) is 12.1 Å². The molecule has 12 heteroatoms. The van der Waals surface area contributed by atoms with Crippen LogP contribution in [0.15, 0.2) is 24.3 Å².